The average molecular weight is 130 g/mol. The van der Waals surface area contributed by atoms with Gasteiger partial charge in [-0.1, -0.05) is 0 Å². The Hall–Kier alpha value is 1.52. The van der Waals surface area contributed by atoms with Crippen molar-refractivity contribution in [3.63, 3.8) is 0 Å². The smallest absolute Gasteiger partial charge is 1.00 e. The Kier molecular flexibility index (Phi) is 6.87. The van der Waals surface area contributed by atoms with E-state index in [1.54, 1.807) is 0 Å². The molecule has 3 nitrogen and oxygen atoms in total. The largest absolute Gasteiger partial charge is 1.00 e. The average Bonchev–Trinajstić information content (AvgIpc) is 1.72. The molecule has 0 saturated carbocycles. The molecule has 0 radical (unpaired) electrons. The van der Waals surface area contributed by atoms with Gasteiger partial charge in [0, 0.05) is 0 Å². The van der Waals surface area contributed by atoms with Gasteiger partial charge in [-0.25, -0.2) is 0 Å². The summed E-state index contributed by atoms with van der Waals surface area (Å²) in [6.07, 6.45) is 0. The molecule has 1 saturated heterocycles. The van der Waals surface area contributed by atoms with Crippen molar-refractivity contribution < 1.29 is 67.0 Å². The van der Waals surface area contributed by atoms with Gasteiger partial charge in [0.1, 0.15) is 0 Å². The third-order valence-corrected chi connectivity index (χ3v) is 0.500. The van der Waals surface area contributed by atoms with E-state index in [9.17, 15) is 0 Å². The van der Waals surface area contributed by atoms with Crippen LogP contribution in [0, 0.1) is 0 Å². The van der Waals surface area contributed by atoms with Gasteiger partial charge in [-0.2, -0.15) is 0 Å². The fourth-order valence-electron chi connectivity index (χ4n) is 0.279. The van der Waals surface area contributed by atoms with E-state index in [-0.39, 0.29) is 52.8 Å². The van der Waals surface area contributed by atoms with Gasteiger partial charge < -0.3 is 15.6 Å². The molecule has 0 unspecified atom stereocenters. The van der Waals surface area contributed by atoms with Crippen molar-refractivity contribution in [3.8, 4) is 0 Å². The van der Waals surface area contributed by atoms with Crippen LogP contribution in [-0.4, -0.2) is 20.4 Å². The van der Waals surface area contributed by atoms with Crippen LogP contribution in [0.15, 0.2) is 0 Å². The molecule has 0 aromatic carbocycles. The molecule has 0 aromatic rings. The number of hydrogen-bond donors (Lipinski definition) is 0. The molecule has 0 amide bonds. The maximum absolute atomic E-state index is 4.62. The molecule has 1 fully saturated rings. The zero-order valence-electron chi connectivity index (χ0n) is 5.35. The van der Waals surface area contributed by atoms with E-state index >= 15 is 0 Å². The molecule has 0 spiro atoms. The van der Waals surface area contributed by atoms with Gasteiger partial charge in [-0.15, -0.1) is 0 Å². The molecule has 1 aliphatic heterocycles. The molecule has 7 heavy (non-hydrogen) atoms. The van der Waals surface area contributed by atoms with Crippen LogP contribution in [0.3, 0.4) is 0 Å². The van der Waals surface area contributed by atoms with Crippen molar-refractivity contribution in [3.05, 3.63) is 0 Å². The van der Waals surface area contributed by atoms with Crippen LogP contribution in [0.2, 0.25) is 0 Å². The number of rotatable bonds is 0. The second kappa shape index (κ2) is 5.65. The Bertz CT molecular complexity index is 30.0. The first-order chi connectivity index (χ1) is 3.00. The Morgan fingerprint density at radius 1 is 0.857 bits per heavy atom. The number of hydrogen-bond acceptors (Lipinski definition) is 3. The molecular formula is C3H7KO3. The second-order valence-corrected chi connectivity index (χ2v) is 0.966. The van der Waals surface area contributed by atoms with E-state index in [1.165, 1.54) is 0 Å². The van der Waals surface area contributed by atoms with Gasteiger partial charge in [0.2, 0.25) is 0 Å². The van der Waals surface area contributed by atoms with Crippen LogP contribution in [0.4, 0.5) is 0 Å². The van der Waals surface area contributed by atoms with Gasteiger partial charge in [0.05, 0.1) is 0 Å². The molecule has 0 atom stereocenters. The molecule has 1 heterocycles. The topological polar surface area (TPSA) is 27.7 Å². The van der Waals surface area contributed by atoms with Gasteiger partial charge >= 0.3 is 51.4 Å². The zero-order chi connectivity index (χ0) is 4.24. The molecule has 0 aliphatic carbocycles. The van der Waals surface area contributed by atoms with Crippen LogP contribution >= 0.6 is 0 Å². The predicted molar refractivity (Wildman–Crippen MR) is 19.0 cm³/mol. The fourth-order valence-corrected chi connectivity index (χ4v) is 0.279. The van der Waals surface area contributed by atoms with Crippen LogP contribution in [0.5, 0.6) is 0 Å². The Balaban J connectivity index is 0. The second-order valence-electron chi connectivity index (χ2n) is 0.966. The SMILES string of the molecule is C1OCOCO1.[H-].[K+]. The maximum atomic E-state index is 4.62. The predicted octanol–water partition coefficient (Wildman–Crippen LogP) is -2.96. The standard InChI is InChI=1S/C3H6O3.K.H/c1-4-2-6-3-5-1;;/h1-3H2;;/q;+1;-1. The minimum atomic E-state index is 0. The Labute approximate surface area is 86.2 Å². The summed E-state index contributed by atoms with van der Waals surface area (Å²) in [6, 6.07) is 0. The minimum absolute atomic E-state index is 0. The van der Waals surface area contributed by atoms with Crippen LogP contribution in [-0.2, 0) is 14.2 Å². The van der Waals surface area contributed by atoms with Crippen LogP contribution < -0.4 is 51.4 Å². The van der Waals surface area contributed by atoms with Crippen molar-refractivity contribution in [2.24, 2.45) is 0 Å². The van der Waals surface area contributed by atoms with E-state index in [4.69, 9.17) is 0 Å². The molecule has 0 aromatic heterocycles. The van der Waals surface area contributed by atoms with E-state index < -0.39 is 0 Å². The number of ether oxygens (including phenoxy) is 3. The minimum Gasteiger partial charge on any atom is -1.00 e. The molecule has 4 heteroatoms. The summed E-state index contributed by atoms with van der Waals surface area (Å²) in [5.74, 6) is 0. The Morgan fingerprint density at radius 3 is 1.29 bits per heavy atom. The molecule has 1 rings (SSSR count). The van der Waals surface area contributed by atoms with Crippen LogP contribution in [0.1, 0.15) is 1.43 Å². The zero-order valence-corrected chi connectivity index (χ0v) is 7.47. The first-order valence-electron chi connectivity index (χ1n) is 1.73. The first kappa shape index (κ1) is 8.52. The summed E-state index contributed by atoms with van der Waals surface area (Å²) in [7, 11) is 0. The first-order valence-corrected chi connectivity index (χ1v) is 1.73. The van der Waals surface area contributed by atoms with Crippen molar-refractivity contribution in [1.29, 1.82) is 0 Å². The van der Waals surface area contributed by atoms with Crippen molar-refractivity contribution in [1.82, 2.24) is 0 Å². The summed E-state index contributed by atoms with van der Waals surface area (Å²) in [5.41, 5.74) is 0. The van der Waals surface area contributed by atoms with E-state index in [1.807, 2.05) is 0 Å². The van der Waals surface area contributed by atoms with Crippen molar-refractivity contribution >= 4 is 0 Å². The maximum Gasteiger partial charge on any atom is 1.00 e. The van der Waals surface area contributed by atoms with Gasteiger partial charge in [0.25, 0.3) is 0 Å². The normalized spacial score (nSPS) is 20.6. The fraction of sp³-hybridized carbons (Fsp3) is 1.00. The summed E-state index contributed by atoms with van der Waals surface area (Å²) >= 11 is 0. The van der Waals surface area contributed by atoms with E-state index in [0.717, 1.165) is 0 Å². The van der Waals surface area contributed by atoms with E-state index in [2.05, 4.69) is 14.2 Å². The quantitative estimate of drug-likeness (QED) is 0.328. The molecule has 0 bridgehead atoms. The van der Waals surface area contributed by atoms with Crippen molar-refractivity contribution in [2.45, 2.75) is 0 Å². The van der Waals surface area contributed by atoms with Crippen molar-refractivity contribution in [2.75, 3.05) is 20.4 Å². The summed E-state index contributed by atoms with van der Waals surface area (Å²) in [5, 5.41) is 0. The third kappa shape index (κ3) is 4.05. The van der Waals surface area contributed by atoms with Gasteiger partial charge in [-0.3, -0.25) is 0 Å². The van der Waals surface area contributed by atoms with E-state index in [0.29, 0.717) is 20.4 Å². The monoisotopic (exact) mass is 130 g/mol. The molecule has 1 aliphatic rings. The van der Waals surface area contributed by atoms with Crippen LogP contribution in [0.25, 0.3) is 0 Å². The molecular weight excluding hydrogens is 123 g/mol. The third-order valence-electron chi connectivity index (χ3n) is 0.500. The summed E-state index contributed by atoms with van der Waals surface area (Å²) < 4.78 is 13.9. The molecule has 0 N–H and O–H groups in total. The Morgan fingerprint density at radius 2 is 1.14 bits per heavy atom. The summed E-state index contributed by atoms with van der Waals surface area (Å²) in [4.78, 5) is 0. The summed E-state index contributed by atoms with van der Waals surface area (Å²) in [6.45, 7) is 1.12. The molecule has 38 valence electrons. The van der Waals surface area contributed by atoms with Gasteiger partial charge in [0.15, 0.2) is 20.4 Å². The van der Waals surface area contributed by atoms with Gasteiger partial charge in [-0.05, 0) is 0 Å².